The van der Waals surface area contributed by atoms with E-state index in [2.05, 4.69) is 5.16 Å². The summed E-state index contributed by atoms with van der Waals surface area (Å²) in [5, 5.41) is 6.20. The van der Waals surface area contributed by atoms with E-state index in [1.807, 2.05) is 36.4 Å². The Kier molecular flexibility index (Phi) is 5.06. The average molecular weight is 374 g/mol. The lowest BCUT2D eigenvalue weighted by molar-refractivity contribution is 0.337. The van der Waals surface area contributed by atoms with Gasteiger partial charge in [-0.2, -0.15) is 8.42 Å². The Morgan fingerprint density at radius 1 is 1.00 bits per heavy atom. The molecule has 3 aromatic rings. The zero-order valence-electron chi connectivity index (χ0n) is 13.5. The van der Waals surface area contributed by atoms with Gasteiger partial charge in [0.2, 0.25) is 0 Å². The predicted molar refractivity (Wildman–Crippen MR) is 100 cm³/mol. The monoisotopic (exact) mass is 373 g/mol. The lowest BCUT2D eigenvalue weighted by Crippen LogP contribution is -2.06. The maximum atomic E-state index is 12.3. The Morgan fingerprint density at radius 3 is 2.40 bits per heavy atom. The van der Waals surface area contributed by atoms with E-state index in [4.69, 9.17) is 15.9 Å². The molecule has 0 aliphatic carbocycles. The van der Waals surface area contributed by atoms with Crippen LogP contribution in [-0.2, 0) is 20.8 Å². The summed E-state index contributed by atoms with van der Waals surface area (Å²) in [5.74, 6) is 0. The van der Waals surface area contributed by atoms with Crippen LogP contribution in [0.25, 0.3) is 10.8 Å². The summed E-state index contributed by atoms with van der Waals surface area (Å²) >= 11 is 5.84. The van der Waals surface area contributed by atoms with E-state index in [0.29, 0.717) is 17.2 Å². The van der Waals surface area contributed by atoms with Gasteiger partial charge < -0.3 is 0 Å². The van der Waals surface area contributed by atoms with Gasteiger partial charge in [0.05, 0.1) is 5.71 Å². The summed E-state index contributed by atoms with van der Waals surface area (Å²) < 4.78 is 29.5. The first kappa shape index (κ1) is 17.5. The van der Waals surface area contributed by atoms with Crippen molar-refractivity contribution in [2.75, 3.05) is 0 Å². The molecule has 0 bridgehead atoms. The first-order valence-electron chi connectivity index (χ1n) is 7.64. The molecule has 4 nitrogen and oxygen atoms in total. The molecule has 3 aromatic carbocycles. The van der Waals surface area contributed by atoms with Crippen LogP contribution in [0.1, 0.15) is 12.5 Å². The van der Waals surface area contributed by atoms with E-state index in [-0.39, 0.29) is 4.90 Å². The van der Waals surface area contributed by atoms with Gasteiger partial charge in [0.15, 0.2) is 0 Å². The maximum absolute atomic E-state index is 12.3. The van der Waals surface area contributed by atoms with Crippen molar-refractivity contribution in [2.45, 2.75) is 18.2 Å². The van der Waals surface area contributed by atoms with Crippen molar-refractivity contribution in [3.63, 3.8) is 0 Å². The number of oxime groups is 1. The molecule has 0 spiro atoms. The third-order valence-corrected chi connectivity index (χ3v) is 5.03. The SMILES string of the molecule is C/C(Cc1ccc(Cl)cc1)=N\OS(=O)(=O)c1ccc2ccccc2c1. The number of rotatable bonds is 5. The third-order valence-electron chi connectivity index (χ3n) is 3.67. The molecule has 0 atom stereocenters. The molecule has 0 aromatic heterocycles. The molecule has 0 aliphatic rings. The standard InChI is InChI=1S/C19H16ClNO3S/c1-14(12-15-6-9-18(20)10-7-15)21-24-25(22,23)19-11-8-16-4-2-3-5-17(16)13-19/h2-11,13H,12H2,1H3/b21-14+. The molecule has 0 saturated carbocycles. The smallest absolute Gasteiger partial charge is 0.265 e. The largest absolute Gasteiger partial charge is 0.358 e. The quantitative estimate of drug-likeness (QED) is 0.476. The summed E-state index contributed by atoms with van der Waals surface area (Å²) in [6.45, 7) is 1.71. The van der Waals surface area contributed by atoms with E-state index in [1.54, 1.807) is 31.2 Å². The minimum absolute atomic E-state index is 0.0780. The minimum atomic E-state index is -3.95. The molecule has 3 rings (SSSR count). The van der Waals surface area contributed by atoms with Gasteiger partial charge in [0.25, 0.3) is 0 Å². The molecule has 6 heteroatoms. The fourth-order valence-electron chi connectivity index (χ4n) is 2.41. The Labute approximate surface area is 151 Å². The number of hydrogen-bond acceptors (Lipinski definition) is 4. The minimum Gasteiger partial charge on any atom is -0.265 e. The van der Waals surface area contributed by atoms with Gasteiger partial charge in [-0.05, 0) is 47.5 Å². The second-order valence-corrected chi connectivity index (χ2v) is 7.63. The van der Waals surface area contributed by atoms with Crippen LogP contribution >= 0.6 is 11.6 Å². The highest BCUT2D eigenvalue weighted by Gasteiger charge is 2.16. The van der Waals surface area contributed by atoms with Crippen molar-refractivity contribution < 1.29 is 12.7 Å². The Balaban J connectivity index is 1.76. The van der Waals surface area contributed by atoms with E-state index in [0.717, 1.165) is 16.3 Å². The summed E-state index contributed by atoms with van der Waals surface area (Å²) in [6, 6.07) is 19.6. The van der Waals surface area contributed by atoms with Gasteiger partial charge in [-0.25, -0.2) is 0 Å². The normalized spacial score (nSPS) is 12.3. The van der Waals surface area contributed by atoms with Gasteiger partial charge >= 0.3 is 10.1 Å². The number of nitrogens with zero attached hydrogens (tertiary/aromatic N) is 1. The van der Waals surface area contributed by atoms with E-state index in [9.17, 15) is 8.42 Å². The Morgan fingerprint density at radius 2 is 1.68 bits per heavy atom. The molecular weight excluding hydrogens is 358 g/mol. The molecule has 0 saturated heterocycles. The summed E-state index contributed by atoms with van der Waals surface area (Å²) in [7, 11) is -3.95. The van der Waals surface area contributed by atoms with Crippen molar-refractivity contribution in [1.29, 1.82) is 0 Å². The fourth-order valence-corrected chi connectivity index (χ4v) is 3.35. The highest BCUT2D eigenvalue weighted by molar-refractivity contribution is 7.86. The van der Waals surface area contributed by atoms with Gasteiger partial charge in [-0.15, -0.1) is 0 Å². The molecule has 0 heterocycles. The van der Waals surface area contributed by atoms with Crippen LogP contribution in [0.2, 0.25) is 5.02 Å². The van der Waals surface area contributed by atoms with E-state index >= 15 is 0 Å². The summed E-state index contributed by atoms with van der Waals surface area (Å²) in [4.78, 5) is 0.0780. The maximum Gasteiger partial charge on any atom is 0.358 e. The molecule has 25 heavy (non-hydrogen) atoms. The van der Waals surface area contributed by atoms with Crippen LogP contribution in [-0.4, -0.2) is 14.1 Å². The van der Waals surface area contributed by atoms with Gasteiger partial charge in [0, 0.05) is 11.4 Å². The first-order valence-corrected chi connectivity index (χ1v) is 9.43. The first-order chi connectivity index (χ1) is 11.9. The summed E-state index contributed by atoms with van der Waals surface area (Å²) in [6.07, 6.45) is 0.477. The number of halogens is 1. The molecule has 128 valence electrons. The lowest BCUT2D eigenvalue weighted by Gasteiger charge is -2.05. The van der Waals surface area contributed by atoms with Crippen LogP contribution < -0.4 is 0 Å². The van der Waals surface area contributed by atoms with E-state index in [1.165, 1.54) is 6.07 Å². The topological polar surface area (TPSA) is 55.7 Å². The fraction of sp³-hybridized carbons (Fsp3) is 0.105. The molecule has 0 N–H and O–H groups in total. The van der Waals surface area contributed by atoms with Crippen molar-refractivity contribution in [2.24, 2.45) is 5.16 Å². The molecular formula is C19H16ClNO3S. The molecule has 0 unspecified atom stereocenters. The molecule has 0 amide bonds. The van der Waals surface area contributed by atoms with Crippen molar-refractivity contribution >= 4 is 38.2 Å². The number of hydrogen-bond donors (Lipinski definition) is 0. The highest BCUT2D eigenvalue weighted by atomic mass is 35.5. The van der Waals surface area contributed by atoms with E-state index < -0.39 is 10.1 Å². The molecule has 0 aliphatic heterocycles. The summed E-state index contributed by atoms with van der Waals surface area (Å²) in [5.41, 5.74) is 1.52. The van der Waals surface area contributed by atoms with Gasteiger partial charge in [0.1, 0.15) is 4.90 Å². The second-order valence-electron chi connectivity index (χ2n) is 5.67. The average Bonchev–Trinajstić information content (AvgIpc) is 2.62. The number of benzene rings is 3. The zero-order valence-corrected chi connectivity index (χ0v) is 15.1. The van der Waals surface area contributed by atoms with Crippen LogP contribution in [0.15, 0.2) is 76.8 Å². The van der Waals surface area contributed by atoms with Crippen molar-refractivity contribution in [3.8, 4) is 0 Å². The zero-order chi connectivity index (χ0) is 17.9. The number of fused-ring (bicyclic) bond motifs is 1. The third kappa shape index (κ3) is 4.38. The Bertz CT molecular complexity index is 1030. The van der Waals surface area contributed by atoms with Crippen LogP contribution in [0, 0.1) is 0 Å². The van der Waals surface area contributed by atoms with Crippen LogP contribution in [0.4, 0.5) is 0 Å². The van der Waals surface area contributed by atoms with Crippen LogP contribution in [0.5, 0.6) is 0 Å². The lowest BCUT2D eigenvalue weighted by atomic mass is 10.1. The Hall–Kier alpha value is -2.37. The van der Waals surface area contributed by atoms with Crippen molar-refractivity contribution in [3.05, 3.63) is 77.3 Å². The predicted octanol–water partition coefficient (Wildman–Crippen LogP) is 4.82. The van der Waals surface area contributed by atoms with Crippen LogP contribution in [0.3, 0.4) is 0 Å². The second kappa shape index (κ2) is 7.25. The van der Waals surface area contributed by atoms with Gasteiger partial charge in [-0.1, -0.05) is 59.2 Å². The van der Waals surface area contributed by atoms with Gasteiger partial charge in [-0.3, -0.25) is 4.28 Å². The molecule has 0 radical (unpaired) electrons. The van der Waals surface area contributed by atoms with Crippen molar-refractivity contribution in [1.82, 2.24) is 0 Å². The molecule has 0 fully saturated rings. The highest BCUT2D eigenvalue weighted by Crippen LogP contribution is 2.20.